The van der Waals surface area contributed by atoms with Crippen LogP contribution < -0.4 is 0 Å². The van der Waals surface area contributed by atoms with E-state index in [9.17, 15) is 0 Å². The van der Waals surface area contributed by atoms with Gasteiger partial charge in [-0.15, -0.1) is 0 Å². The average molecular weight is 516 g/mol. The smallest absolute Gasteiger partial charge is 0.143 e. The molecule has 2 nitrogen and oxygen atoms in total. The van der Waals surface area contributed by atoms with Crippen LogP contribution in [0.2, 0.25) is 0 Å². The Morgan fingerprint density at radius 2 is 1.43 bits per heavy atom. The number of aliphatic imine (C=N–C) groups is 1. The topological polar surface area (TPSA) is 25.5 Å². The minimum Gasteiger partial charge on any atom is -0.455 e. The van der Waals surface area contributed by atoms with E-state index in [0.717, 1.165) is 45.0 Å². The summed E-state index contributed by atoms with van der Waals surface area (Å²) >= 11 is 0. The first-order chi connectivity index (χ1) is 19.8. The molecule has 1 heterocycles. The molecular formula is C38H29NO. The van der Waals surface area contributed by atoms with E-state index in [1.54, 1.807) is 0 Å². The molecule has 0 fully saturated rings. The third-order valence-corrected chi connectivity index (χ3v) is 7.70. The molecule has 0 saturated carbocycles. The van der Waals surface area contributed by atoms with Crippen LogP contribution in [-0.2, 0) is 6.54 Å². The van der Waals surface area contributed by atoms with Crippen molar-refractivity contribution in [3.8, 4) is 22.3 Å². The van der Waals surface area contributed by atoms with Crippen LogP contribution in [0.25, 0.3) is 44.2 Å². The van der Waals surface area contributed by atoms with Crippen molar-refractivity contribution in [2.24, 2.45) is 4.99 Å². The SMILES string of the molecule is C1=CCC(c2ccc(C=NCc3ccccc3)c3c2oc2c(-c4ccccc4)cc(-c4ccccc4)cc23)C=C1. The molecule has 192 valence electrons. The van der Waals surface area contributed by atoms with Crippen molar-refractivity contribution in [1.82, 2.24) is 0 Å². The van der Waals surface area contributed by atoms with Crippen molar-refractivity contribution in [2.75, 3.05) is 0 Å². The first kappa shape index (κ1) is 24.1. The minimum absolute atomic E-state index is 0.275. The van der Waals surface area contributed by atoms with Gasteiger partial charge in [-0.1, -0.05) is 127 Å². The van der Waals surface area contributed by atoms with E-state index < -0.39 is 0 Å². The zero-order valence-electron chi connectivity index (χ0n) is 22.2. The molecule has 1 aliphatic rings. The molecular weight excluding hydrogens is 486 g/mol. The molecule has 1 aliphatic carbocycles. The Morgan fingerprint density at radius 1 is 0.700 bits per heavy atom. The van der Waals surface area contributed by atoms with Gasteiger partial charge in [0.15, 0.2) is 0 Å². The predicted octanol–water partition coefficient (Wildman–Crippen LogP) is 10.1. The van der Waals surface area contributed by atoms with Gasteiger partial charge >= 0.3 is 0 Å². The van der Waals surface area contributed by atoms with E-state index in [4.69, 9.17) is 9.41 Å². The number of rotatable bonds is 6. The second kappa shape index (κ2) is 10.7. The summed E-state index contributed by atoms with van der Waals surface area (Å²) in [5.41, 5.74) is 9.96. The van der Waals surface area contributed by atoms with Crippen molar-refractivity contribution in [2.45, 2.75) is 18.9 Å². The Kier molecular flexibility index (Phi) is 6.43. The Balaban J connectivity index is 1.49. The molecule has 0 radical (unpaired) electrons. The molecule has 0 spiro atoms. The maximum atomic E-state index is 6.90. The maximum Gasteiger partial charge on any atom is 0.143 e. The Bertz CT molecular complexity index is 1880. The van der Waals surface area contributed by atoms with Crippen LogP contribution in [0.3, 0.4) is 0 Å². The number of hydrogen-bond donors (Lipinski definition) is 0. The number of fused-ring (bicyclic) bond motifs is 3. The molecule has 0 saturated heterocycles. The maximum absolute atomic E-state index is 6.90. The number of hydrogen-bond acceptors (Lipinski definition) is 2. The summed E-state index contributed by atoms with van der Waals surface area (Å²) in [6.07, 6.45) is 11.8. The van der Waals surface area contributed by atoms with E-state index in [1.807, 2.05) is 12.3 Å². The molecule has 7 rings (SSSR count). The third kappa shape index (κ3) is 4.58. The summed E-state index contributed by atoms with van der Waals surface area (Å²) in [7, 11) is 0. The van der Waals surface area contributed by atoms with Crippen molar-refractivity contribution >= 4 is 28.2 Å². The Morgan fingerprint density at radius 3 is 2.15 bits per heavy atom. The molecule has 0 N–H and O–H groups in total. The van der Waals surface area contributed by atoms with Gasteiger partial charge in [-0.2, -0.15) is 0 Å². The summed E-state index contributed by atoms with van der Waals surface area (Å²) in [5, 5.41) is 2.25. The molecule has 0 amide bonds. The number of nitrogens with zero attached hydrogens (tertiary/aromatic N) is 1. The molecule has 1 atom stereocenters. The van der Waals surface area contributed by atoms with Gasteiger partial charge < -0.3 is 4.42 Å². The van der Waals surface area contributed by atoms with E-state index in [-0.39, 0.29) is 5.92 Å². The van der Waals surface area contributed by atoms with Crippen LogP contribution in [0.5, 0.6) is 0 Å². The van der Waals surface area contributed by atoms with Gasteiger partial charge in [0.2, 0.25) is 0 Å². The van der Waals surface area contributed by atoms with Crippen molar-refractivity contribution in [1.29, 1.82) is 0 Å². The minimum atomic E-state index is 0.275. The van der Waals surface area contributed by atoms with E-state index in [2.05, 4.69) is 133 Å². The van der Waals surface area contributed by atoms with Crippen LogP contribution in [0.4, 0.5) is 0 Å². The van der Waals surface area contributed by atoms with Crippen molar-refractivity contribution < 1.29 is 4.42 Å². The molecule has 40 heavy (non-hydrogen) atoms. The molecule has 5 aromatic carbocycles. The zero-order chi connectivity index (χ0) is 26.7. The molecule has 1 aromatic heterocycles. The van der Waals surface area contributed by atoms with E-state index in [0.29, 0.717) is 6.54 Å². The standard InChI is InChI=1S/C38H29NO/c1-5-13-27(14-6-1)25-39-26-31-21-22-33(29-17-9-3-10-18-29)38-36(31)35-24-32(28-15-7-2-8-16-28)23-34(37(35)40-38)30-19-11-4-12-20-30/h1-17,19-24,26,29H,18,25H2. The first-order valence-corrected chi connectivity index (χ1v) is 13.9. The summed E-state index contributed by atoms with van der Waals surface area (Å²) in [6, 6.07) is 40.5. The Labute approximate surface area is 234 Å². The Hall–Kier alpha value is -4.95. The highest BCUT2D eigenvalue weighted by Crippen LogP contribution is 2.43. The quantitative estimate of drug-likeness (QED) is 0.203. The molecule has 2 heteroatoms. The highest BCUT2D eigenvalue weighted by atomic mass is 16.3. The van der Waals surface area contributed by atoms with Gasteiger partial charge in [-0.05, 0) is 40.8 Å². The third-order valence-electron chi connectivity index (χ3n) is 7.70. The zero-order valence-corrected chi connectivity index (χ0v) is 22.2. The summed E-state index contributed by atoms with van der Waals surface area (Å²) in [5.74, 6) is 0.275. The van der Waals surface area contributed by atoms with Crippen molar-refractivity contribution in [3.05, 3.63) is 156 Å². The second-order valence-electron chi connectivity index (χ2n) is 10.3. The second-order valence-corrected chi connectivity index (χ2v) is 10.3. The van der Waals surface area contributed by atoms with Crippen LogP contribution >= 0.6 is 0 Å². The number of allylic oxidation sites excluding steroid dienone is 4. The lowest BCUT2D eigenvalue weighted by Gasteiger charge is -2.14. The summed E-state index contributed by atoms with van der Waals surface area (Å²) in [6.45, 7) is 0.639. The highest BCUT2D eigenvalue weighted by Gasteiger charge is 2.22. The van der Waals surface area contributed by atoms with Gasteiger partial charge in [-0.25, -0.2) is 0 Å². The van der Waals surface area contributed by atoms with E-state index in [1.165, 1.54) is 22.3 Å². The van der Waals surface area contributed by atoms with Crippen LogP contribution in [0.15, 0.2) is 149 Å². The van der Waals surface area contributed by atoms with Gasteiger partial charge in [0, 0.05) is 39.6 Å². The fraction of sp³-hybridized carbons (Fsp3) is 0.0789. The van der Waals surface area contributed by atoms with Gasteiger partial charge in [-0.3, -0.25) is 4.99 Å². The first-order valence-electron chi connectivity index (χ1n) is 13.9. The number of benzene rings is 5. The van der Waals surface area contributed by atoms with Crippen LogP contribution in [0, 0.1) is 0 Å². The largest absolute Gasteiger partial charge is 0.455 e. The van der Waals surface area contributed by atoms with Crippen LogP contribution in [-0.4, -0.2) is 6.21 Å². The fourth-order valence-electron chi connectivity index (χ4n) is 5.70. The lowest BCUT2D eigenvalue weighted by Crippen LogP contribution is -1.98. The fourth-order valence-corrected chi connectivity index (χ4v) is 5.70. The van der Waals surface area contributed by atoms with Crippen molar-refractivity contribution in [3.63, 3.8) is 0 Å². The lowest BCUT2D eigenvalue weighted by atomic mass is 9.89. The number of furan rings is 1. The predicted molar refractivity (Wildman–Crippen MR) is 168 cm³/mol. The average Bonchev–Trinajstić information content (AvgIpc) is 3.42. The van der Waals surface area contributed by atoms with Gasteiger partial charge in [0.05, 0.1) is 6.54 Å². The van der Waals surface area contributed by atoms with E-state index >= 15 is 0 Å². The van der Waals surface area contributed by atoms with Gasteiger partial charge in [0.25, 0.3) is 0 Å². The monoisotopic (exact) mass is 515 g/mol. The summed E-state index contributed by atoms with van der Waals surface area (Å²) < 4.78 is 6.90. The molecule has 6 aromatic rings. The van der Waals surface area contributed by atoms with Gasteiger partial charge in [0.1, 0.15) is 11.2 Å². The van der Waals surface area contributed by atoms with Crippen LogP contribution in [0.1, 0.15) is 29.0 Å². The normalized spacial score (nSPS) is 14.9. The highest BCUT2D eigenvalue weighted by molar-refractivity contribution is 6.17. The lowest BCUT2D eigenvalue weighted by molar-refractivity contribution is 0.658. The molecule has 1 unspecified atom stereocenters. The summed E-state index contributed by atoms with van der Waals surface area (Å²) in [4.78, 5) is 4.86. The molecule has 0 bridgehead atoms. The molecule has 0 aliphatic heterocycles.